The van der Waals surface area contributed by atoms with Gasteiger partial charge >= 0.3 is 0 Å². The highest BCUT2D eigenvalue weighted by atomic mass is 15.0. The third-order valence-electron chi connectivity index (χ3n) is 13.0. The van der Waals surface area contributed by atoms with E-state index in [2.05, 4.69) is 133 Å². The van der Waals surface area contributed by atoms with Crippen LogP contribution in [0.1, 0.15) is 63.8 Å². The second-order valence-electron chi connectivity index (χ2n) is 16.8. The van der Waals surface area contributed by atoms with Crippen LogP contribution in [0.15, 0.2) is 152 Å². The zero-order valence-corrected chi connectivity index (χ0v) is 32.3. The van der Waals surface area contributed by atoms with E-state index in [0.717, 1.165) is 16.7 Å². The van der Waals surface area contributed by atoms with Crippen LogP contribution in [0.25, 0.3) is 78.3 Å². The molecule has 2 aliphatic carbocycles. The molecule has 7 aromatic carbocycles. The molecule has 0 amide bonds. The fourth-order valence-corrected chi connectivity index (χ4v) is 9.50. The van der Waals surface area contributed by atoms with E-state index in [9.17, 15) is 0 Å². The maximum absolute atomic E-state index is 4.96. The largest absolute Gasteiger partial charge is 0.208 e. The molecule has 55 heavy (non-hydrogen) atoms. The van der Waals surface area contributed by atoms with E-state index in [4.69, 9.17) is 15.0 Å². The lowest BCUT2D eigenvalue weighted by atomic mass is 9.53. The van der Waals surface area contributed by atoms with Gasteiger partial charge in [0.15, 0.2) is 17.5 Å². The Labute approximate surface area is 323 Å². The van der Waals surface area contributed by atoms with Crippen LogP contribution < -0.4 is 0 Å². The quantitative estimate of drug-likeness (QED) is 0.183. The lowest BCUT2D eigenvalue weighted by Gasteiger charge is -2.50. The highest BCUT2D eigenvalue weighted by Crippen LogP contribution is 2.63. The molecule has 10 rings (SSSR count). The molecule has 1 heterocycles. The molecule has 0 spiro atoms. The SMILES string of the molecule is CC1(C)c2cc(-c3ccc(-c4nc(-c5ccccc5)nc(-c5ccccc5)n4)cc3)ccc2-c2c3c(c4ccccc4c21)-c1ccccc1C(C)(C)C3(C)C. The molecule has 0 saturated heterocycles. The molecule has 0 fully saturated rings. The fourth-order valence-electron chi connectivity index (χ4n) is 9.50. The van der Waals surface area contributed by atoms with Gasteiger partial charge in [0, 0.05) is 27.5 Å². The molecule has 0 radical (unpaired) electrons. The van der Waals surface area contributed by atoms with Crippen LogP contribution in [-0.2, 0) is 16.2 Å². The third kappa shape index (κ3) is 4.85. The molecule has 2 aliphatic rings. The van der Waals surface area contributed by atoms with Crippen LogP contribution in [0.3, 0.4) is 0 Å². The number of rotatable bonds is 4. The van der Waals surface area contributed by atoms with Crippen LogP contribution in [0.2, 0.25) is 0 Å². The molecule has 266 valence electrons. The van der Waals surface area contributed by atoms with E-state index in [0.29, 0.717) is 17.5 Å². The van der Waals surface area contributed by atoms with E-state index in [-0.39, 0.29) is 16.2 Å². The molecule has 8 aromatic rings. The van der Waals surface area contributed by atoms with Crippen LogP contribution in [0.5, 0.6) is 0 Å². The van der Waals surface area contributed by atoms with Gasteiger partial charge in [0.2, 0.25) is 0 Å². The summed E-state index contributed by atoms with van der Waals surface area (Å²) in [5.41, 5.74) is 16.2. The third-order valence-corrected chi connectivity index (χ3v) is 13.0. The van der Waals surface area contributed by atoms with E-state index < -0.39 is 0 Å². The van der Waals surface area contributed by atoms with Crippen molar-refractivity contribution in [3.8, 4) is 67.5 Å². The minimum absolute atomic E-state index is 0.0658. The van der Waals surface area contributed by atoms with Gasteiger partial charge in [-0.3, -0.25) is 0 Å². The molecule has 0 saturated carbocycles. The maximum Gasteiger partial charge on any atom is 0.164 e. The van der Waals surface area contributed by atoms with Gasteiger partial charge in [0.05, 0.1) is 0 Å². The van der Waals surface area contributed by atoms with Crippen molar-refractivity contribution in [1.82, 2.24) is 15.0 Å². The Kier molecular flexibility index (Phi) is 7.23. The Bertz CT molecular complexity index is 2750. The first-order valence-corrected chi connectivity index (χ1v) is 19.4. The zero-order valence-electron chi connectivity index (χ0n) is 32.3. The first-order valence-electron chi connectivity index (χ1n) is 19.4. The lowest BCUT2D eigenvalue weighted by molar-refractivity contribution is 0.300. The Morgan fingerprint density at radius 1 is 0.345 bits per heavy atom. The minimum Gasteiger partial charge on any atom is -0.208 e. The molecule has 0 atom stereocenters. The zero-order chi connectivity index (χ0) is 37.7. The summed E-state index contributed by atoms with van der Waals surface area (Å²) in [6, 6.07) is 54.4. The molecule has 0 N–H and O–H groups in total. The van der Waals surface area contributed by atoms with Crippen LogP contribution in [0, 0.1) is 0 Å². The fraction of sp³-hybridized carbons (Fsp3) is 0.173. The van der Waals surface area contributed by atoms with Gasteiger partial charge in [0.25, 0.3) is 0 Å². The van der Waals surface area contributed by atoms with Crippen molar-refractivity contribution in [2.75, 3.05) is 0 Å². The van der Waals surface area contributed by atoms with Gasteiger partial charge in [-0.1, -0.05) is 187 Å². The van der Waals surface area contributed by atoms with E-state index >= 15 is 0 Å². The van der Waals surface area contributed by atoms with Crippen molar-refractivity contribution >= 4 is 10.8 Å². The van der Waals surface area contributed by atoms with Crippen molar-refractivity contribution in [1.29, 1.82) is 0 Å². The van der Waals surface area contributed by atoms with Crippen LogP contribution in [-0.4, -0.2) is 15.0 Å². The topological polar surface area (TPSA) is 38.7 Å². The smallest absolute Gasteiger partial charge is 0.164 e. The van der Waals surface area contributed by atoms with Gasteiger partial charge in [-0.05, 0) is 77.9 Å². The van der Waals surface area contributed by atoms with E-state index in [1.165, 1.54) is 66.4 Å². The van der Waals surface area contributed by atoms with Gasteiger partial charge in [0.1, 0.15) is 0 Å². The van der Waals surface area contributed by atoms with Crippen molar-refractivity contribution in [3.63, 3.8) is 0 Å². The number of nitrogens with zero attached hydrogens (tertiary/aromatic N) is 3. The van der Waals surface area contributed by atoms with E-state index in [1.807, 2.05) is 60.7 Å². The second kappa shape index (κ2) is 11.9. The predicted molar refractivity (Wildman–Crippen MR) is 228 cm³/mol. The second-order valence-corrected chi connectivity index (χ2v) is 16.8. The number of hydrogen-bond acceptors (Lipinski definition) is 3. The predicted octanol–water partition coefficient (Wildman–Crippen LogP) is 13.2. The summed E-state index contributed by atoms with van der Waals surface area (Å²) in [4.78, 5) is 14.8. The summed E-state index contributed by atoms with van der Waals surface area (Å²) in [5.74, 6) is 1.99. The summed E-state index contributed by atoms with van der Waals surface area (Å²) in [7, 11) is 0. The highest BCUT2D eigenvalue weighted by Gasteiger charge is 2.51. The molecule has 0 bridgehead atoms. The lowest BCUT2D eigenvalue weighted by Crippen LogP contribution is -2.44. The first-order chi connectivity index (χ1) is 26.6. The summed E-state index contributed by atoms with van der Waals surface area (Å²) in [6.07, 6.45) is 0. The number of fused-ring (bicyclic) bond motifs is 10. The molecule has 3 nitrogen and oxygen atoms in total. The summed E-state index contributed by atoms with van der Waals surface area (Å²) < 4.78 is 0. The first kappa shape index (κ1) is 33.4. The van der Waals surface area contributed by atoms with Crippen molar-refractivity contribution in [2.45, 2.75) is 57.8 Å². The maximum atomic E-state index is 4.96. The van der Waals surface area contributed by atoms with Crippen molar-refractivity contribution in [3.05, 3.63) is 174 Å². The Morgan fingerprint density at radius 2 is 0.818 bits per heavy atom. The van der Waals surface area contributed by atoms with Crippen molar-refractivity contribution < 1.29 is 0 Å². The van der Waals surface area contributed by atoms with Gasteiger partial charge in [-0.25, -0.2) is 15.0 Å². The normalized spacial score (nSPS) is 15.5. The molecule has 3 heteroatoms. The van der Waals surface area contributed by atoms with Gasteiger partial charge in [-0.15, -0.1) is 0 Å². The summed E-state index contributed by atoms with van der Waals surface area (Å²) in [5, 5.41) is 2.71. The van der Waals surface area contributed by atoms with Gasteiger partial charge in [-0.2, -0.15) is 0 Å². The number of hydrogen-bond donors (Lipinski definition) is 0. The Hall–Kier alpha value is -6.19. The molecule has 1 aromatic heterocycles. The average Bonchev–Trinajstić information content (AvgIpc) is 3.46. The minimum atomic E-state index is -0.195. The monoisotopic (exact) mass is 709 g/mol. The van der Waals surface area contributed by atoms with Crippen LogP contribution in [0.4, 0.5) is 0 Å². The number of aromatic nitrogens is 3. The van der Waals surface area contributed by atoms with Crippen molar-refractivity contribution in [2.24, 2.45) is 0 Å². The molecule has 0 aliphatic heterocycles. The summed E-state index contributed by atoms with van der Waals surface area (Å²) in [6.45, 7) is 14.7. The standard InChI is InChI=1S/C52H43N3/c1-50(2)42-31-36(32-25-27-35(28-26-32)49-54-47(33-17-9-7-10-18-33)53-48(55-49)34-19-11-8-12-20-34)29-30-40(42)44-45(50)38-22-14-13-21-37(38)43-39-23-15-16-24-41(39)51(3,4)52(5,6)46(43)44/h7-31H,1-6H3. The molecular formula is C52H43N3. The van der Waals surface area contributed by atoms with Crippen LogP contribution >= 0.6 is 0 Å². The average molecular weight is 710 g/mol. The highest BCUT2D eigenvalue weighted by molar-refractivity contribution is 6.10. The Morgan fingerprint density at radius 3 is 1.44 bits per heavy atom. The Balaban J connectivity index is 1.11. The van der Waals surface area contributed by atoms with Gasteiger partial charge < -0.3 is 0 Å². The van der Waals surface area contributed by atoms with E-state index in [1.54, 1.807) is 0 Å². The number of benzene rings is 7. The molecule has 0 unspecified atom stereocenters. The summed E-state index contributed by atoms with van der Waals surface area (Å²) >= 11 is 0. The molecular weight excluding hydrogens is 667 g/mol.